The average Bonchev–Trinajstić information content (AvgIpc) is 2.36. The van der Waals surface area contributed by atoms with Gasteiger partial charge in [-0.25, -0.2) is 0 Å². The summed E-state index contributed by atoms with van der Waals surface area (Å²) in [5, 5.41) is 0. The second-order valence-electron chi connectivity index (χ2n) is 4.85. The van der Waals surface area contributed by atoms with E-state index in [-0.39, 0.29) is 6.04 Å². The van der Waals surface area contributed by atoms with Gasteiger partial charge in [-0.05, 0) is 24.0 Å². The van der Waals surface area contributed by atoms with E-state index in [1.807, 2.05) is 12.1 Å². The second-order valence-corrected chi connectivity index (χ2v) is 4.85. The predicted molar refractivity (Wildman–Crippen MR) is 66.6 cm³/mol. The van der Waals surface area contributed by atoms with Gasteiger partial charge in [-0.2, -0.15) is 0 Å². The Labute approximate surface area is 97.8 Å². The molecule has 1 aliphatic rings. The quantitative estimate of drug-likeness (QED) is 0.848. The lowest BCUT2D eigenvalue weighted by Crippen LogP contribution is -2.41. The lowest BCUT2D eigenvalue weighted by Gasteiger charge is -2.32. The van der Waals surface area contributed by atoms with E-state index in [0.29, 0.717) is 11.8 Å². The summed E-state index contributed by atoms with van der Waals surface area (Å²) in [5.41, 5.74) is 7.58. The minimum absolute atomic E-state index is 0.248. The smallest absolute Gasteiger partial charge is 0.122 e. The molecule has 2 nitrogen and oxygen atoms in total. The Morgan fingerprint density at radius 1 is 1.44 bits per heavy atom. The number of para-hydroxylation sites is 1. The lowest BCUT2D eigenvalue weighted by atomic mass is 9.83. The zero-order chi connectivity index (χ0) is 11.5. The Bertz CT molecular complexity index is 350. The van der Waals surface area contributed by atoms with E-state index in [1.165, 1.54) is 5.56 Å². The van der Waals surface area contributed by atoms with Crippen molar-refractivity contribution < 1.29 is 4.74 Å². The number of fused-ring (bicyclic) bond motifs is 1. The molecule has 0 saturated carbocycles. The van der Waals surface area contributed by atoms with Crippen LogP contribution in [-0.2, 0) is 6.42 Å². The summed E-state index contributed by atoms with van der Waals surface area (Å²) in [5.74, 6) is 2.07. The summed E-state index contributed by atoms with van der Waals surface area (Å²) in [6.45, 7) is 5.19. The molecule has 0 aliphatic carbocycles. The number of benzene rings is 1. The van der Waals surface area contributed by atoms with Crippen LogP contribution in [0.25, 0.3) is 0 Å². The largest absolute Gasteiger partial charge is 0.493 e. The molecule has 0 amide bonds. The molecular weight excluding hydrogens is 198 g/mol. The van der Waals surface area contributed by atoms with Crippen LogP contribution in [0.2, 0.25) is 0 Å². The van der Waals surface area contributed by atoms with E-state index >= 15 is 0 Å². The lowest BCUT2D eigenvalue weighted by molar-refractivity contribution is 0.176. The molecule has 1 aromatic rings. The average molecular weight is 219 g/mol. The van der Waals surface area contributed by atoms with Gasteiger partial charge in [0.05, 0.1) is 6.61 Å². The van der Waals surface area contributed by atoms with Crippen molar-refractivity contribution in [3.05, 3.63) is 29.8 Å². The van der Waals surface area contributed by atoms with Gasteiger partial charge in [-0.3, -0.25) is 0 Å². The van der Waals surface area contributed by atoms with Gasteiger partial charge in [-0.1, -0.05) is 38.5 Å². The fraction of sp³-hybridized carbons (Fsp3) is 0.571. The normalized spacial score (nSPS) is 23.1. The van der Waals surface area contributed by atoms with E-state index in [1.54, 1.807) is 0 Å². The highest BCUT2D eigenvalue weighted by Crippen LogP contribution is 2.29. The van der Waals surface area contributed by atoms with Gasteiger partial charge < -0.3 is 10.5 Å². The van der Waals surface area contributed by atoms with E-state index in [4.69, 9.17) is 10.5 Å². The molecule has 1 aromatic carbocycles. The molecule has 1 aliphatic heterocycles. The summed E-state index contributed by atoms with van der Waals surface area (Å²) in [6, 6.07) is 8.52. The third-order valence-electron chi connectivity index (χ3n) is 3.75. The van der Waals surface area contributed by atoms with E-state index in [0.717, 1.165) is 25.2 Å². The van der Waals surface area contributed by atoms with Crippen molar-refractivity contribution in [3.63, 3.8) is 0 Å². The molecule has 3 unspecified atom stereocenters. The van der Waals surface area contributed by atoms with Crippen molar-refractivity contribution >= 4 is 0 Å². The Morgan fingerprint density at radius 2 is 2.19 bits per heavy atom. The van der Waals surface area contributed by atoms with Crippen LogP contribution in [0.3, 0.4) is 0 Å². The topological polar surface area (TPSA) is 35.2 Å². The van der Waals surface area contributed by atoms with Crippen molar-refractivity contribution in [1.29, 1.82) is 0 Å². The molecule has 1 heterocycles. The molecule has 0 saturated heterocycles. The molecule has 3 atom stereocenters. The molecule has 0 fully saturated rings. The fourth-order valence-electron chi connectivity index (χ4n) is 2.34. The summed E-state index contributed by atoms with van der Waals surface area (Å²) >= 11 is 0. The molecule has 2 rings (SSSR count). The first kappa shape index (κ1) is 11.5. The molecule has 88 valence electrons. The zero-order valence-electron chi connectivity index (χ0n) is 10.1. The first-order valence-corrected chi connectivity index (χ1v) is 6.18. The highest BCUT2D eigenvalue weighted by atomic mass is 16.5. The molecular formula is C14H21NO. The summed E-state index contributed by atoms with van der Waals surface area (Å²) in [4.78, 5) is 0. The molecule has 0 radical (unpaired) electrons. The van der Waals surface area contributed by atoms with Gasteiger partial charge in [0.15, 0.2) is 0 Å². The SMILES string of the molecule is CCC(C)C(N)C1COc2ccccc2C1. The monoisotopic (exact) mass is 219 g/mol. The van der Waals surface area contributed by atoms with Crippen molar-refractivity contribution in [2.24, 2.45) is 17.6 Å². The first-order valence-electron chi connectivity index (χ1n) is 6.18. The molecule has 16 heavy (non-hydrogen) atoms. The van der Waals surface area contributed by atoms with E-state index in [2.05, 4.69) is 26.0 Å². The number of rotatable bonds is 3. The number of nitrogens with two attached hydrogens (primary N) is 1. The number of hydrogen-bond donors (Lipinski definition) is 1. The Morgan fingerprint density at radius 3 is 2.94 bits per heavy atom. The summed E-state index contributed by atoms with van der Waals surface area (Å²) < 4.78 is 5.77. The van der Waals surface area contributed by atoms with Gasteiger partial charge in [0.1, 0.15) is 5.75 Å². The Kier molecular flexibility index (Phi) is 3.49. The van der Waals surface area contributed by atoms with Crippen LogP contribution in [0, 0.1) is 11.8 Å². The fourth-order valence-corrected chi connectivity index (χ4v) is 2.34. The maximum atomic E-state index is 6.28. The highest BCUT2D eigenvalue weighted by molar-refractivity contribution is 5.35. The maximum absolute atomic E-state index is 6.28. The Hall–Kier alpha value is -1.02. The third-order valence-corrected chi connectivity index (χ3v) is 3.75. The van der Waals surface area contributed by atoms with Crippen LogP contribution < -0.4 is 10.5 Å². The summed E-state index contributed by atoms with van der Waals surface area (Å²) in [6.07, 6.45) is 2.20. The van der Waals surface area contributed by atoms with Crippen LogP contribution >= 0.6 is 0 Å². The van der Waals surface area contributed by atoms with Gasteiger partial charge in [-0.15, -0.1) is 0 Å². The van der Waals surface area contributed by atoms with Crippen LogP contribution in [0.4, 0.5) is 0 Å². The number of hydrogen-bond acceptors (Lipinski definition) is 2. The number of ether oxygens (including phenoxy) is 1. The van der Waals surface area contributed by atoms with Crippen molar-refractivity contribution in [1.82, 2.24) is 0 Å². The minimum Gasteiger partial charge on any atom is -0.493 e. The maximum Gasteiger partial charge on any atom is 0.122 e. The van der Waals surface area contributed by atoms with Crippen LogP contribution in [0.5, 0.6) is 5.75 Å². The molecule has 0 aromatic heterocycles. The van der Waals surface area contributed by atoms with Crippen LogP contribution in [0.1, 0.15) is 25.8 Å². The first-order chi connectivity index (χ1) is 7.72. The van der Waals surface area contributed by atoms with Crippen LogP contribution in [0.15, 0.2) is 24.3 Å². The molecule has 2 N–H and O–H groups in total. The molecule has 0 bridgehead atoms. The van der Waals surface area contributed by atoms with Crippen LogP contribution in [-0.4, -0.2) is 12.6 Å². The van der Waals surface area contributed by atoms with Gasteiger partial charge in [0.25, 0.3) is 0 Å². The zero-order valence-corrected chi connectivity index (χ0v) is 10.1. The van der Waals surface area contributed by atoms with Gasteiger partial charge >= 0.3 is 0 Å². The van der Waals surface area contributed by atoms with Crippen molar-refractivity contribution in [2.45, 2.75) is 32.7 Å². The van der Waals surface area contributed by atoms with Gasteiger partial charge in [0.2, 0.25) is 0 Å². The van der Waals surface area contributed by atoms with E-state index in [9.17, 15) is 0 Å². The predicted octanol–water partition coefficient (Wildman–Crippen LogP) is 2.61. The Balaban J connectivity index is 2.08. The highest BCUT2D eigenvalue weighted by Gasteiger charge is 2.27. The standard InChI is InChI=1S/C14H21NO/c1-3-10(2)14(15)12-8-11-6-4-5-7-13(11)16-9-12/h4-7,10,12,14H,3,8-9,15H2,1-2H3. The van der Waals surface area contributed by atoms with Crippen molar-refractivity contribution in [3.8, 4) is 5.75 Å². The summed E-state index contributed by atoms with van der Waals surface area (Å²) in [7, 11) is 0. The van der Waals surface area contributed by atoms with Crippen molar-refractivity contribution in [2.75, 3.05) is 6.61 Å². The molecule has 2 heteroatoms. The second kappa shape index (κ2) is 4.88. The molecule has 0 spiro atoms. The van der Waals surface area contributed by atoms with Gasteiger partial charge in [0, 0.05) is 12.0 Å². The van der Waals surface area contributed by atoms with E-state index < -0.39 is 0 Å². The minimum atomic E-state index is 0.248. The third kappa shape index (κ3) is 2.22.